The maximum atomic E-state index is 10.6. The Labute approximate surface area is 156 Å². The van der Waals surface area contributed by atoms with Crippen molar-refractivity contribution in [3.8, 4) is 22.9 Å². The number of carbonyl (C=O) groups is 1. The highest BCUT2D eigenvalue weighted by Crippen LogP contribution is 2.32. The smallest absolute Gasteiger partial charge is 0.303 e. The van der Waals surface area contributed by atoms with Gasteiger partial charge in [-0.05, 0) is 30.2 Å². The fourth-order valence-electron chi connectivity index (χ4n) is 2.53. The summed E-state index contributed by atoms with van der Waals surface area (Å²) in [6.07, 6.45) is 0.945. The van der Waals surface area contributed by atoms with Gasteiger partial charge in [0.05, 0.1) is 7.11 Å². The summed E-state index contributed by atoms with van der Waals surface area (Å²) >= 11 is 0. The number of rotatable bonds is 9. The van der Waals surface area contributed by atoms with Crippen LogP contribution in [0.1, 0.15) is 24.3 Å². The molecule has 3 rings (SSSR count). The van der Waals surface area contributed by atoms with Gasteiger partial charge in [-0.2, -0.15) is 4.98 Å². The molecule has 2 aromatic carbocycles. The predicted octanol–water partition coefficient (Wildman–Crippen LogP) is 3.73. The molecule has 0 fully saturated rings. The van der Waals surface area contributed by atoms with Crippen LogP contribution in [0.25, 0.3) is 11.4 Å². The van der Waals surface area contributed by atoms with Crippen molar-refractivity contribution in [3.05, 3.63) is 60.0 Å². The number of benzene rings is 2. The number of hydrogen-bond donors (Lipinski definition) is 1. The van der Waals surface area contributed by atoms with E-state index in [1.54, 1.807) is 19.2 Å². The molecule has 0 saturated heterocycles. The van der Waals surface area contributed by atoms with E-state index in [1.807, 2.05) is 36.4 Å². The van der Waals surface area contributed by atoms with Gasteiger partial charge < -0.3 is 19.1 Å². The number of hydrogen-bond acceptors (Lipinski definition) is 6. The summed E-state index contributed by atoms with van der Waals surface area (Å²) in [6.45, 7) is 0.437. The lowest BCUT2D eigenvalue weighted by Gasteiger charge is -2.11. The number of aryl methyl sites for hydroxylation is 1. The van der Waals surface area contributed by atoms with Gasteiger partial charge in [-0.1, -0.05) is 35.5 Å². The molecule has 0 spiro atoms. The quantitative estimate of drug-likeness (QED) is 0.615. The van der Waals surface area contributed by atoms with Crippen molar-refractivity contribution >= 4 is 5.97 Å². The van der Waals surface area contributed by atoms with Gasteiger partial charge in [-0.15, -0.1) is 0 Å². The number of aromatic nitrogens is 2. The zero-order chi connectivity index (χ0) is 19.1. The number of methoxy groups -OCH3 is 1. The normalized spacial score (nSPS) is 10.6. The van der Waals surface area contributed by atoms with Crippen LogP contribution < -0.4 is 9.47 Å². The Kier molecular flexibility index (Phi) is 6.04. The van der Waals surface area contributed by atoms with Gasteiger partial charge in [0.2, 0.25) is 11.7 Å². The van der Waals surface area contributed by atoms with E-state index in [-0.39, 0.29) is 6.42 Å². The van der Waals surface area contributed by atoms with E-state index in [9.17, 15) is 4.79 Å². The fraction of sp³-hybridized carbons (Fsp3) is 0.250. The van der Waals surface area contributed by atoms with Crippen molar-refractivity contribution < 1.29 is 23.9 Å². The molecule has 3 aromatic rings. The summed E-state index contributed by atoms with van der Waals surface area (Å²) < 4.78 is 16.4. The minimum Gasteiger partial charge on any atom is -0.493 e. The summed E-state index contributed by atoms with van der Waals surface area (Å²) in [5.74, 6) is 1.18. The van der Waals surface area contributed by atoms with Crippen molar-refractivity contribution in [2.24, 2.45) is 0 Å². The van der Waals surface area contributed by atoms with E-state index in [0.717, 1.165) is 11.1 Å². The SMILES string of the molecule is COc1cc(-c2noc(CCCC(=O)O)n2)ccc1OCc1ccccc1. The first-order chi connectivity index (χ1) is 13.2. The van der Waals surface area contributed by atoms with Crippen LogP contribution >= 0.6 is 0 Å². The molecule has 0 saturated carbocycles. The van der Waals surface area contributed by atoms with Crippen LogP contribution in [0.2, 0.25) is 0 Å². The lowest BCUT2D eigenvalue weighted by atomic mass is 10.2. The van der Waals surface area contributed by atoms with Crippen molar-refractivity contribution in [3.63, 3.8) is 0 Å². The number of nitrogens with zero attached hydrogens (tertiary/aromatic N) is 2. The van der Waals surface area contributed by atoms with Crippen LogP contribution in [0.3, 0.4) is 0 Å². The van der Waals surface area contributed by atoms with Gasteiger partial charge in [-0.25, -0.2) is 0 Å². The molecule has 0 radical (unpaired) electrons. The highest BCUT2D eigenvalue weighted by Gasteiger charge is 2.13. The molecule has 140 valence electrons. The number of carboxylic acids is 1. The molecule has 0 amide bonds. The zero-order valence-corrected chi connectivity index (χ0v) is 14.9. The van der Waals surface area contributed by atoms with Crippen LogP contribution in [-0.2, 0) is 17.8 Å². The minimum absolute atomic E-state index is 0.0684. The highest BCUT2D eigenvalue weighted by atomic mass is 16.5. The maximum absolute atomic E-state index is 10.6. The molecule has 7 heteroatoms. The predicted molar refractivity (Wildman–Crippen MR) is 97.6 cm³/mol. The van der Waals surface area contributed by atoms with Gasteiger partial charge in [0.1, 0.15) is 6.61 Å². The van der Waals surface area contributed by atoms with Crippen LogP contribution in [-0.4, -0.2) is 28.3 Å². The van der Waals surface area contributed by atoms with Gasteiger partial charge >= 0.3 is 5.97 Å². The molecule has 0 bridgehead atoms. The van der Waals surface area contributed by atoms with Crippen LogP contribution in [0.4, 0.5) is 0 Å². The Morgan fingerprint density at radius 3 is 2.70 bits per heavy atom. The maximum Gasteiger partial charge on any atom is 0.303 e. The molecule has 0 atom stereocenters. The molecule has 0 aliphatic carbocycles. The van der Waals surface area contributed by atoms with Gasteiger partial charge in [0, 0.05) is 18.4 Å². The Morgan fingerprint density at radius 2 is 1.96 bits per heavy atom. The Morgan fingerprint density at radius 1 is 1.15 bits per heavy atom. The van der Waals surface area contributed by atoms with Crippen molar-refractivity contribution in [2.45, 2.75) is 25.9 Å². The van der Waals surface area contributed by atoms with Crippen molar-refractivity contribution in [1.82, 2.24) is 10.1 Å². The van der Waals surface area contributed by atoms with E-state index in [1.165, 1.54) is 0 Å². The molecular formula is C20H20N2O5. The van der Waals surface area contributed by atoms with E-state index in [4.69, 9.17) is 19.1 Å². The molecule has 0 unspecified atom stereocenters. The molecule has 1 heterocycles. The lowest BCUT2D eigenvalue weighted by molar-refractivity contribution is -0.137. The Bertz CT molecular complexity index is 892. The highest BCUT2D eigenvalue weighted by molar-refractivity contribution is 5.66. The average molecular weight is 368 g/mol. The van der Waals surface area contributed by atoms with Crippen LogP contribution in [0.5, 0.6) is 11.5 Å². The molecule has 0 aliphatic heterocycles. The van der Waals surface area contributed by atoms with Gasteiger partial charge in [0.25, 0.3) is 0 Å². The first-order valence-corrected chi connectivity index (χ1v) is 8.55. The molecule has 1 aromatic heterocycles. The van der Waals surface area contributed by atoms with E-state index in [2.05, 4.69) is 10.1 Å². The second-order valence-electron chi connectivity index (χ2n) is 5.90. The molecule has 0 aliphatic rings. The first kappa shape index (κ1) is 18.4. The number of ether oxygens (including phenoxy) is 2. The van der Waals surface area contributed by atoms with Crippen LogP contribution in [0, 0.1) is 0 Å². The largest absolute Gasteiger partial charge is 0.493 e. The number of aliphatic carboxylic acids is 1. The summed E-state index contributed by atoms with van der Waals surface area (Å²) in [4.78, 5) is 14.9. The lowest BCUT2D eigenvalue weighted by Crippen LogP contribution is -1.98. The van der Waals surface area contributed by atoms with E-state index in [0.29, 0.717) is 42.7 Å². The summed E-state index contributed by atoms with van der Waals surface area (Å²) in [5, 5.41) is 12.6. The third kappa shape index (κ3) is 5.07. The third-order valence-corrected chi connectivity index (χ3v) is 3.91. The third-order valence-electron chi connectivity index (χ3n) is 3.91. The zero-order valence-electron chi connectivity index (χ0n) is 14.9. The van der Waals surface area contributed by atoms with Gasteiger partial charge in [-0.3, -0.25) is 4.79 Å². The van der Waals surface area contributed by atoms with Gasteiger partial charge in [0.15, 0.2) is 11.5 Å². The number of carboxylic acid groups (broad SMARTS) is 1. The molecule has 27 heavy (non-hydrogen) atoms. The van der Waals surface area contributed by atoms with Crippen molar-refractivity contribution in [1.29, 1.82) is 0 Å². The summed E-state index contributed by atoms with van der Waals surface area (Å²) in [7, 11) is 1.57. The minimum atomic E-state index is -0.842. The first-order valence-electron chi connectivity index (χ1n) is 8.55. The standard InChI is InChI=1S/C20H20N2O5/c1-25-17-12-15(20-21-18(27-22-20)8-5-9-19(23)24)10-11-16(17)26-13-14-6-3-2-4-7-14/h2-4,6-7,10-12H,5,8-9,13H2,1H3,(H,23,24). The van der Waals surface area contributed by atoms with E-state index < -0.39 is 5.97 Å². The fourth-order valence-corrected chi connectivity index (χ4v) is 2.53. The van der Waals surface area contributed by atoms with Crippen molar-refractivity contribution in [2.75, 3.05) is 7.11 Å². The Balaban J connectivity index is 1.68. The Hall–Kier alpha value is -3.35. The second-order valence-corrected chi connectivity index (χ2v) is 5.90. The average Bonchev–Trinajstić information content (AvgIpc) is 3.15. The monoisotopic (exact) mass is 368 g/mol. The summed E-state index contributed by atoms with van der Waals surface area (Å²) in [5.41, 5.74) is 1.79. The molecule has 7 nitrogen and oxygen atoms in total. The van der Waals surface area contributed by atoms with E-state index >= 15 is 0 Å². The topological polar surface area (TPSA) is 94.7 Å². The molecule has 1 N–H and O–H groups in total. The van der Waals surface area contributed by atoms with Crippen LogP contribution in [0.15, 0.2) is 53.1 Å². The summed E-state index contributed by atoms with van der Waals surface area (Å²) in [6, 6.07) is 15.3. The second kappa shape index (κ2) is 8.84. The molecular weight excluding hydrogens is 348 g/mol.